The number of aromatic nitrogens is 2. The Balaban J connectivity index is 1.49. The van der Waals surface area contributed by atoms with Crippen molar-refractivity contribution >= 4 is 11.8 Å². The molecule has 1 saturated carbocycles. The smallest absolute Gasteiger partial charge is 0.268 e. The number of H-pyrrole nitrogens is 1. The summed E-state index contributed by atoms with van der Waals surface area (Å²) in [6.45, 7) is 3.49. The molecule has 0 spiro atoms. The summed E-state index contributed by atoms with van der Waals surface area (Å²) in [5, 5.41) is 14.9. The van der Waals surface area contributed by atoms with E-state index < -0.39 is 17.3 Å². The van der Waals surface area contributed by atoms with Crippen molar-refractivity contribution in [3.05, 3.63) is 83.1 Å². The molecule has 0 aliphatic heterocycles. The van der Waals surface area contributed by atoms with Gasteiger partial charge in [0.15, 0.2) is 5.82 Å². The lowest BCUT2D eigenvalue weighted by Gasteiger charge is -2.48. The third-order valence-corrected chi connectivity index (χ3v) is 5.71. The van der Waals surface area contributed by atoms with Crippen molar-refractivity contribution in [1.29, 1.82) is 5.26 Å². The number of ether oxygens (including phenoxy) is 1. The second-order valence-electron chi connectivity index (χ2n) is 8.54. The molecule has 3 N–H and O–H groups in total. The van der Waals surface area contributed by atoms with Gasteiger partial charge in [-0.25, -0.2) is 9.37 Å². The number of hydrogen-bond donors (Lipinski definition) is 3. The fourth-order valence-corrected chi connectivity index (χ4v) is 4.09. The highest BCUT2D eigenvalue weighted by atomic mass is 19.1. The van der Waals surface area contributed by atoms with Gasteiger partial charge in [-0.1, -0.05) is 30.3 Å². The van der Waals surface area contributed by atoms with Crippen LogP contribution in [-0.2, 0) is 5.54 Å². The quantitative estimate of drug-likeness (QED) is 0.498. The zero-order valence-corrected chi connectivity index (χ0v) is 18.8. The molecule has 1 aromatic carbocycles. The van der Waals surface area contributed by atoms with Gasteiger partial charge in [0, 0.05) is 18.4 Å². The van der Waals surface area contributed by atoms with Gasteiger partial charge in [-0.2, -0.15) is 5.26 Å². The average molecular weight is 461 g/mol. The number of halogens is 1. The van der Waals surface area contributed by atoms with E-state index in [-0.39, 0.29) is 35.2 Å². The van der Waals surface area contributed by atoms with Crippen LogP contribution < -0.4 is 15.4 Å². The minimum Gasteiger partial charge on any atom is -0.473 e. The molecular formula is C25H24FN5O3. The van der Waals surface area contributed by atoms with Gasteiger partial charge < -0.3 is 20.4 Å². The van der Waals surface area contributed by atoms with Crippen LogP contribution in [0.3, 0.4) is 0 Å². The van der Waals surface area contributed by atoms with E-state index in [1.54, 1.807) is 13.8 Å². The minimum atomic E-state index is -0.810. The summed E-state index contributed by atoms with van der Waals surface area (Å²) in [6, 6.07) is 13.9. The van der Waals surface area contributed by atoms with Crippen LogP contribution in [0, 0.1) is 17.1 Å². The van der Waals surface area contributed by atoms with E-state index in [0.717, 1.165) is 5.56 Å². The number of nitrogens with one attached hydrogen (secondary N) is 3. The van der Waals surface area contributed by atoms with E-state index in [1.807, 2.05) is 36.4 Å². The van der Waals surface area contributed by atoms with Crippen LogP contribution >= 0.6 is 0 Å². The Kier molecular flexibility index (Phi) is 6.32. The maximum Gasteiger partial charge on any atom is 0.268 e. The number of nitriles is 1. The minimum absolute atomic E-state index is 0.151. The topological polar surface area (TPSA) is 120 Å². The number of carbonyl (C=O) groups excluding carboxylic acids is 2. The van der Waals surface area contributed by atoms with E-state index in [4.69, 9.17) is 10.00 Å². The van der Waals surface area contributed by atoms with Crippen molar-refractivity contribution in [2.45, 2.75) is 44.4 Å². The zero-order chi connectivity index (χ0) is 24.3. The maximum absolute atomic E-state index is 14.7. The summed E-state index contributed by atoms with van der Waals surface area (Å²) >= 11 is 0. The van der Waals surface area contributed by atoms with Crippen molar-refractivity contribution in [3.63, 3.8) is 0 Å². The van der Waals surface area contributed by atoms with Crippen molar-refractivity contribution < 1.29 is 18.7 Å². The first-order valence-electron chi connectivity index (χ1n) is 10.9. The molecule has 0 bridgehead atoms. The number of benzene rings is 1. The third-order valence-electron chi connectivity index (χ3n) is 5.71. The molecule has 8 nitrogen and oxygen atoms in total. The van der Waals surface area contributed by atoms with E-state index in [9.17, 15) is 14.0 Å². The summed E-state index contributed by atoms with van der Waals surface area (Å²) in [5.74, 6) is -1.96. The van der Waals surface area contributed by atoms with Crippen LogP contribution in [0.1, 0.15) is 58.7 Å². The van der Waals surface area contributed by atoms with Gasteiger partial charge in [-0.15, -0.1) is 0 Å². The first-order chi connectivity index (χ1) is 16.3. The van der Waals surface area contributed by atoms with Crippen LogP contribution in [-0.4, -0.2) is 33.9 Å². The van der Waals surface area contributed by atoms with Crippen LogP contribution in [0.4, 0.5) is 4.39 Å². The van der Waals surface area contributed by atoms with Crippen molar-refractivity contribution in [1.82, 2.24) is 20.6 Å². The lowest BCUT2D eigenvalue weighted by Crippen LogP contribution is -2.61. The largest absolute Gasteiger partial charge is 0.473 e. The molecule has 0 radical (unpaired) electrons. The van der Waals surface area contributed by atoms with Gasteiger partial charge in [0.1, 0.15) is 11.8 Å². The van der Waals surface area contributed by atoms with Gasteiger partial charge in [0.25, 0.3) is 17.7 Å². The molecule has 0 atom stereocenters. The normalized spacial score (nSPS) is 19.1. The number of amides is 2. The Labute approximate surface area is 196 Å². The van der Waals surface area contributed by atoms with Crippen molar-refractivity contribution in [3.8, 4) is 11.9 Å². The lowest BCUT2D eigenvalue weighted by molar-refractivity contribution is 0.0699. The Hall–Kier alpha value is -4.19. The molecule has 2 heterocycles. The average Bonchev–Trinajstić information content (AvgIpc) is 3.28. The predicted octanol–water partition coefficient (Wildman–Crippen LogP) is 3.43. The third kappa shape index (κ3) is 4.62. The van der Waals surface area contributed by atoms with Gasteiger partial charge in [0.05, 0.1) is 22.8 Å². The lowest BCUT2D eigenvalue weighted by atomic mass is 9.68. The molecule has 9 heteroatoms. The molecular weight excluding hydrogens is 437 g/mol. The molecule has 1 aliphatic rings. The van der Waals surface area contributed by atoms with Crippen LogP contribution in [0.5, 0.6) is 5.88 Å². The Bertz CT molecular complexity index is 1240. The highest BCUT2D eigenvalue weighted by Crippen LogP contribution is 2.42. The van der Waals surface area contributed by atoms with Gasteiger partial charge in [0.2, 0.25) is 0 Å². The van der Waals surface area contributed by atoms with E-state index in [2.05, 4.69) is 20.6 Å². The van der Waals surface area contributed by atoms with Gasteiger partial charge >= 0.3 is 0 Å². The molecule has 1 fully saturated rings. The maximum atomic E-state index is 14.7. The fraction of sp³-hybridized carbons (Fsp3) is 0.280. The van der Waals surface area contributed by atoms with Crippen LogP contribution in [0.2, 0.25) is 0 Å². The molecule has 0 unspecified atom stereocenters. The van der Waals surface area contributed by atoms with Crippen LogP contribution in [0.25, 0.3) is 0 Å². The first kappa shape index (κ1) is 23.0. The Morgan fingerprint density at radius 2 is 1.97 bits per heavy atom. The molecule has 2 aromatic heterocycles. The number of pyridine rings is 1. The second kappa shape index (κ2) is 9.35. The number of aromatic amines is 1. The molecule has 4 rings (SSSR count). The highest BCUT2D eigenvalue weighted by Gasteiger charge is 2.47. The molecule has 2 amide bonds. The SMILES string of the molecule is CC(C)Oc1nccc(C(=O)NC2CC(NC(=O)c3cc(C#N)c[nH]3)(c3ccccc3)C2)c1F. The Morgan fingerprint density at radius 3 is 2.62 bits per heavy atom. The first-order valence-corrected chi connectivity index (χ1v) is 10.9. The molecule has 174 valence electrons. The van der Waals surface area contributed by atoms with Crippen molar-refractivity contribution in [2.75, 3.05) is 0 Å². The van der Waals surface area contributed by atoms with E-state index in [1.165, 1.54) is 24.5 Å². The molecule has 34 heavy (non-hydrogen) atoms. The zero-order valence-electron chi connectivity index (χ0n) is 18.8. The van der Waals surface area contributed by atoms with E-state index in [0.29, 0.717) is 18.4 Å². The van der Waals surface area contributed by atoms with Crippen LogP contribution in [0.15, 0.2) is 54.9 Å². The summed E-state index contributed by atoms with van der Waals surface area (Å²) in [5.41, 5.74) is 0.663. The molecule has 0 saturated heterocycles. The summed E-state index contributed by atoms with van der Waals surface area (Å²) in [6.07, 6.45) is 3.35. The number of nitrogens with zero attached hydrogens (tertiary/aromatic N) is 2. The predicted molar refractivity (Wildman–Crippen MR) is 122 cm³/mol. The van der Waals surface area contributed by atoms with Gasteiger partial charge in [-0.3, -0.25) is 9.59 Å². The molecule has 1 aliphatic carbocycles. The van der Waals surface area contributed by atoms with Crippen molar-refractivity contribution in [2.24, 2.45) is 0 Å². The Morgan fingerprint density at radius 1 is 1.24 bits per heavy atom. The number of rotatable bonds is 7. The summed E-state index contributed by atoms with van der Waals surface area (Å²) in [7, 11) is 0. The standard InChI is InChI=1S/C25H24FN5O3/c1-15(2)34-24-21(26)19(8-9-28-24)22(32)30-18-11-25(12-18,17-6-4-3-5-7-17)31-23(33)20-10-16(13-27)14-29-20/h3-10,14-15,18,29H,11-12H2,1-2H3,(H,30,32)(H,31,33). The fourth-order valence-electron chi connectivity index (χ4n) is 4.09. The highest BCUT2D eigenvalue weighted by molar-refractivity contribution is 5.95. The molecule has 3 aromatic rings. The summed E-state index contributed by atoms with van der Waals surface area (Å²) in [4.78, 5) is 32.3. The number of hydrogen-bond acceptors (Lipinski definition) is 5. The van der Waals surface area contributed by atoms with E-state index >= 15 is 0 Å². The number of carbonyl (C=O) groups is 2. The monoisotopic (exact) mass is 461 g/mol. The second-order valence-corrected chi connectivity index (χ2v) is 8.54. The summed E-state index contributed by atoms with van der Waals surface area (Å²) < 4.78 is 20.1. The van der Waals surface area contributed by atoms with Gasteiger partial charge in [-0.05, 0) is 44.4 Å².